The van der Waals surface area contributed by atoms with Crippen LogP contribution in [0.2, 0.25) is 0 Å². The largest absolute Gasteiger partial charge is 0.368 e. The Labute approximate surface area is 116 Å². The van der Waals surface area contributed by atoms with Crippen molar-refractivity contribution in [3.63, 3.8) is 0 Å². The number of nitrogens with one attached hydrogen (secondary N) is 2. The van der Waals surface area contributed by atoms with Crippen LogP contribution in [0.3, 0.4) is 0 Å². The zero-order valence-electron chi connectivity index (χ0n) is 10.7. The standard InChI is InChI=1S/C15H13N5/c16-15-17-8-12-11(2-4-14(12)19-15)9-1-3-13-10(7-9)5-6-18-20-13/h1-3,5-8,18,20H,4H2,(H2,16,17,19). The van der Waals surface area contributed by atoms with E-state index in [4.69, 9.17) is 5.73 Å². The first kappa shape index (κ1) is 11.0. The Bertz CT molecular complexity index is 761. The molecule has 4 N–H and O–H groups in total. The van der Waals surface area contributed by atoms with Gasteiger partial charge in [-0.05, 0) is 29.3 Å². The first-order chi connectivity index (χ1) is 9.81. The Morgan fingerprint density at radius 3 is 3.15 bits per heavy atom. The van der Waals surface area contributed by atoms with Crippen LogP contribution in [0.25, 0.3) is 11.6 Å². The Balaban J connectivity index is 1.79. The van der Waals surface area contributed by atoms with Crippen LogP contribution in [0.5, 0.6) is 0 Å². The molecule has 1 aliphatic carbocycles. The third-order valence-corrected chi connectivity index (χ3v) is 3.59. The Morgan fingerprint density at radius 2 is 2.20 bits per heavy atom. The van der Waals surface area contributed by atoms with E-state index in [1.165, 1.54) is 11.1 Å². The molecule has 0 radical (unpaired) electrons. The second-order valence-electron chi connectivity index (χ2n) is 4.82. The van der Waals surface area contributed by atoms with Gasteiger partial charge in [0.15, 0.2) is 0 Å². The molecule has 1 aromatic heterocycles. The van der Waals surface area contributed by atoms with Crippen molar-refractivity contribution in [1.82, 2.24) is 15.4 Å². The summed E-state index contributed by atoms with van der Waals surface area (Å²) in [4.78, 5) is 8.40. The van der Waals surface area contributed by atoms with E-state index >= 15 is 0 Å². The van der Waals surface area contributed by atoms with Gasteiger partial charge < -0.3 is 16.6 Å². The van der Waals surface area contributed by atoms with Gasteiger partial charge in [-0.25, -0.2) is 9.97 Å². The molecule has 1 aromatic carbocycles. The lowest BCUT2D eigenvalue weighted by atomic mass is 9.99. The van der Waals surface area contributed by atoms with Gasteiger partial charge in [-0.1, -0.05) is 12.1 Å². The summed E-state index contributed by atoms with van der Waals surface area (Å²) in [7, 11) is 0. The molecular weight excluding hydrogens is 250 g/mol. The molecule has 0 amide bonds. The number of nitrogen functional groups attached to an aromatic ring is 1. The normalized spacial score (nSPS) is 14.9. The molecule has 0 bridgehead atoms. The highest BCUT2D eigenvalue weighted by molar-refractivity contribution is 5.86. The van der Waals surface area contributed by atoms with Crippen molar-refractivity contribution in [2.45, 2.75) is 6.42 Å². The number of anilines is 2. The number of fused-ring (bicyclic) bond motifs is 2. The molecule has 2 heterocycles. The fourth-order valence-electron chi connectivity index (χ4n) is 2.63. The van der Waals surface area contributed by atoms with Gasteiger partial charge >= 0.3 is 0 Å². The first-order valence-electron chi connectivity index (χ1n) is 6.46. The molecule has 5 nitrogen and oxygen atoms in total. The van der Waals surface area contributed by atoms with E-state index in [2.05, 4.69) is 45.1 Å². The van der Waals surface area contributed by atoms with Crippen LogP contribution in [0.1, 0.15) is 22.4 Å². The van der Waals surface area contributed by atoms with Gasteiger partial charge in [0.1, 0.15) is 0 Å². The van der Waals surface area contributed by atoms with Gasteiger partial charge in [0.05, 0.1) is 11.4 Å². The van der Waals surface area contributed by atoms with E-state index in [0.717, 1.165) is 28.9 Å². The van der Waals surface area contributed by atoms with Gasteiger partial charge in [-0.3, -0.25) is 0 Å². The number of nitrogens with two attached hydrogens (primary N) is 1. The number of hydrogen-bond acceptors (Lipinski definition) is 5. The quantitative estimate of drug-likeness (QED) is 0.733. The van der Waals surface area contributed by atoms with Crippen molar-refractivity contribution in [2.24, 2.45) is 0 Å². The lowest BCUT2D eigenvalue weighted by Gasteiger charge is -2.16. The molecule has 0 fully saturated rings. The summed E-state index contributed by atoms with van der Waals surface area (Å²) in [5, 5.41) is 0. The van der Waals surface area contributed by atoms with Gasteiger partial charge in [0, 0.05) is 29.9 Å². The molecular formula is C15H13N5. The number of rotatable bonds is 1. The summed E-state index contributed by atoms with van der Waals surface area (Å²) in [6.07, 6.45) is 8.73. The van der Waals surface area contributed by atoms with Crippen molar-refractivity contribution in [3.05, 3.63) is 59.1 Å². The molecule has 0 spiro atoms. The number of nitrogens with zero attached hydrogens (tertiary/aromatic N) is 2. The van der Waals surface area contributed by atoms with Gasteiger partial charge in [0.2, 0.25) is 5.95 Å². The molecule has 5 heteroatoms. The Kier molecular flexibility index (Phi) is 2.26. The summed E-state index contributed by atoms with van der Waals surface area (Å²) in [6, 6.07) is 6.33. The molecule has 2 aromatic rings. The van der Waals surface area contributed by atoms with E-state index < -0.39 is 0 Å². The fraction of sp³-hybridized carbons (Fsp3) is 0.0667. The maximum atomic E-state index is 5.64. The summed E-state index contributed by atoms with van der Waals surface area (Å²) < 4.78 is 0. The molecule has 98 valence electrons. The molecule has 0 saturated heterocycles. The van der Waals surface area contributed by atoms with E-state index in [-0.39, 0.29) is 0 Å². The minimum absolute atomic E-state index is 0.335. The number of aromatic nitrogens is 2. The predicted molar refractivity (Wildman–Crippen MR) is 79.5 cm³/mol. The number of hydrogen-bond donors (Lipinski definition) is 3. The van der Waals surface area contributed by atoms with Crippen molar-refractivity contribution in [2.75, 3.05) is 11.2 Å². The van der Waals surface area contributed by atoms with E-state index in [1.54, 1.807) is 0 Å². The second kappa shape index (κ2) is 4.09. The molecule has 0 unspecified atom stereocenters. The minimum atomic E-state index is 0.335. The minimum Gasteiger partial charge on any atom is -0.368 e. The maximum absolute atomic E-state index is 5.64. The van der Waals surface area contributed by atoms with Crippen LogP contribution >= 0.6 is 0 Å². The highest BCUT2D eigenvalue weighted by atomic mass is 15.3. The highest BCUT2D eigenvalue weighted by Gasteiger charge is 2.18. The van der Waals surface area contributed by atoms with Crippen LogP contribution in [-0.2, 0) is 6.42 Å². The van der Waals surface area contributed by atoms with E-state index in [1.807, 2.05) is 18.5 Å². The summed E-state index contributed by atoms with van der Waals surface area (Å²) >= 11 is 0. The summed E-state index contributed by atoms with van der Waals surface area (Å²) in [6.45, 7) is 0. The molecule has 4 rings (SSSR count). The molecule has 20 heavy (non-hydrogen) atoms. The van der Waals surface area contributed by atoms with Gasteiger partial charge in [0.25, 0.3) is 0 Å². The zero-order chi connectivity index (χ0) is 13.5. The molecule has 0 atom stereocenters. The predicted octanol–water partition coefficient (Wildman–Crippen LogP) is 1.95. The monoisotopic (exact) mass is 263 g/mol. The summed E-state index contributed by atoms with van der Waals surface area (Å²) in [5.74, 6) is 0.335. The Morgan fingerprint density at radius 1 is 1.25 bits per heavy atom. The van der Waals surface area contributed by atoms with Gasteiger partial charge in [-0.2, -0.15) is 0 Å². The van der Waals surface area contributed by atoms with Crippen LogP contribution in [0.15, 0.2) is 36.7 Å². The van der Waals surface area contributed by atoms with Crippen molar-refractivity contribution < 1.29 is 0 Å². The van der Waals surface area contributed by atoms with Crippen molar-refractivity contribution in [1.29, 1.82) is 0 Å². The Hall–Kier alpha value is -2.82. The van der Waals surface area contributed by atoms with Crippen molar-refractivity contribution in [3.8, 4) is 0 Å². The topological polar surface area (TPSA) is 75.9 Å². The number of hydrazine groups is 1. The average Bonchev–Trinajstić information content (AvgIpc) is 2.89. The highest BCUT2D eigenvalue weighted by Crippen LogP contribution is 2.33. The van der Waals surface area contributed by atoms with Crippen LogP contribution in [-0.4, -0.2) is 9.97 Å². The van der Waals surface area contributed by atoms with Crippen LogP contribution < -0.4 is 16.6 Å². The van der Waals surface area contributed by atoms with E-state index in [0.29, 0.717) is 5.95 Å². The number of benzene rings is 1. The fourth-order valence-corrected chi connectivity index (χ4v) is 2.63. The molecule has 1 aliphatic heterocycles. The van der Waals surface area contributed by atoms with E-state index in [9.17, 15) is 0 Å². The smallest absolute Gasteiger partial charge is 0.220 e. The molecule has 0 saturated carbocycles. The average molecular weight is 263 g/mol. The second-order valence-corrected chi connectivity index (χ2v) is 4.82. The zero-order valence-corrected chi connectivity index (χ0v) is 10.7. The third-order valence-electron chi connectivity index (χ3n) is 3.59. The lowest BCUT2D eigenvalue weighted by Crippen LogP contribution is -2.17. The maximum Gasteiger partial charge on any atom is 0.220 e. The number of allylic oxidation sites excluding steroid dienone is 1. The van der Waals surface area contributed by atoms with Crippen molar-refractivity contribution >= 4 is 23.3 Å². The van der Waals surface area contributed by atoms with Crippen LogP contribution in [0, 0.1) is 0 Å². The third kappa shape index (κ3) is 1.64. The first-order valence-corrected chi connectivity index (χ1v) is 6.46. The lowest BCUT2D eigenvalue weighted by molar-refractivity contribution is 1.05. The van der Waals surface area contributed by atoms with Gasteiger partial charge in [-0.15, -0.1) is 0 Å². The SMILES string of the molecule is Nc1ncc2c(n1)CC=C2c1ccc2c(c1)C=CNN2. The summed E-state index contributed by atoms with van der Waals surface area (Å²) in [5.41, 5.74) is 18.4. The van der Waals surface area contributed by atoms with Crippen LogP contribution in [0.4, 0.5) is 11.6 Å². The molecule has 2 aliphatic rings.